The molecule has 0 spiro atoms. The van der Waals surface area contributed by atoms with Crippen molar-refractivity contribution in [2.24, 2.45) is 5.73 Å². The molecule has 21 heavy (non-hydrogen) atoms. The van der Waals surface area contributed by atoms with Crippen LogP contribution in [0.2, 0.25) is 0 Å². The molecule has 0 unspecified atom stereocenters. The lowest BCUT2D eigenvalue weighted by Gasteiger charge is -2.12. The van der Waals surface area contributed by atoms with Crippen molar-refractivity contribution in [3.8, 4) is 11.5 Å². The fraction of sp³-hybridized carbons (Fsp3) is 0. The van der Waals surface area contributed by atoms with E-state index in [9.17, 15) is 0 Å². The van der Waals surface area contributed by atoms with E-state index in [1.807, 2.05) is 36.4 Å². The zero-order valence-corrected chi connectivity index (χ0v) is 12.6. The minimum Gasteiger partial charge on any atom is -0.454 e. The fourth-order valence-electron chi connectivity index (χ4n) is 2.08. The van der Waals surface area contributed by atoms with Gasteiger partial charge in [-0.05, 0) is 30.3 Å². The average molecular weight is 342 g/mol. The van der Waals surface area contributed by atoms with E-state index in [1.165, 1.54) is 0 Å². The molecule has 3 rings (SSSR count). The quantitative estimate of drug-likeness (QED) is 0.557. The van der Waals surface area contributed by atoms with E-state index < -0.39 is 0 Å². The van der Waals surface area contributed by atoms with Crippen LogP contribution in [0.5, 0.6) is 11.5 Å². The molecule has 1 heterocycles. The largest absolute Gasteiger partial charge is 0.454 e. The van der Waals surface area contributed by atoms with Crippen LogP contribution in [-0.4, -0.2) is 10.8 Å². The van der Waals surface area contributed by atoms with Crippen molar-refractivity contribution in [1.29, 1.82) is 5.41 Å². The van der Waals surface area contributed by atoms with E-state index in [2.05, 4.69) is 20.9 Å². The van der Waals surface area contributed by atoms with E-state index in [0.717, 1.165) is 15.4 Å². The number of halogens is 1. The molecule has 0 atom stereocenters. The van der Waals surface area contributed by atoms with Crippen LogP contribution in [0.15, 0.2) is 59.2 Å². The lowest BCUT2D eigenvalue weighted by atomic mass is 10.1. The number of pyridine rings is 1. The summed E-state index contributed by atoms with van der Waals surface area (Å²) >= 11 is 3.37. The third kappa shape index (κ3) is 2.73. The second kappa shape index (κ2) is 5.54. The standard InChI is InChI=1S/C16H12BrN3O/c17-11-6-7-13(12(9-11)16(18)19)21-14-5-1-3-10-4-2-8-20-15(10)14/h1-9H,(H3,18,19). The van der Waals surface area contributed by atoms with Crippen molar-refractivity contribution in [1.82, 2.24) is 4.98 Å². The summed E-state index contributed by atoms with van der Waals surface area (Å²) in [5.41, 5.74) is 6.93. The van der Waals surface area contributed by atoms with E-state index >= 15 is 0 Å². The van der Waals surface area contributed by atoms with Gasteiger partial charge in [0.25, 0.3) is 0 Å². The first kappa shape index (κ1) is 13.6. The molecule has 4 nitrogen and oxygen atoms in total. The van der Waals surface area contributed by atoms with Crippen LogP contribution < -0.4 is 10.5 Å². The van der Waals surface area contributed by atoms with Crippen LogP contribution in [0.25, 0.3) is 10.9 Å². The van der Waals surface area contributed by atoms with Gasteiger partial charge in [0.05, 0.1) is 5.56 Å². The summed E-state index contributed by atoms with van der Waals surface area (Å²) in [6, 6.07) is 15.0. The van der Waals surface area contributed by atoms with E-state index in [4.69, 9.17) is 15.9 Å². The first-order valence-corrected chi connectivity index (χ1v) is 7.10. The number of nitrogens with one attached hydrogen (secondary N) is 1. The molecule has 1 aromatic heterocycles. The van der Waals surface area contributed by atoms with Crippen LogP contribution in [0.3, 0.4) is 0 Å². The van der Waals surface area contributed by atoms with Crippen molar-refractivity contribution < 1.29 is 4.74 Å². The SMILES string of the molecule is N=C(N)c1cc(Br)ccc1Oc1cccc2cccnc12. The van der Waals surface area contributed by atoms with Gasteiger partial charge < -0.3 is 10.5 Å². The second-order valence-corrected chi connectivity index (χ2v) is 5.40. The molecule has 0 fully saturated rings. The van der Waals surface area contributed by atoms with E-state index in [1.54, 1.807) is 18.3 Å². The predicted octanol–water partition coefficient (Wildman–Crippen LogP) is 4.07. The highest BCUT2D eigenvalue weighted by Crippen LogP contribution is 2.31. The Morgan fingerprint density at radius 1 is 1.10 bits per heavy atom. The van der Waals surface area contributed by atoms with Crippen molar-refractivity contribution >= 4 is 32.7 Å². The molecule has 0 bridgehead atoms. The van der Waals surface area contributed by atoms with Gasteiger partial charge >= 0.3 is 0 Å². The van der Waals surface area contributed by atoms with Crippen molar-refractivity contribution in [2.75, 3.05) is 0 Å². The minimum atomic E-state index is -0.0421. The Morgan fingerprint density at radius 3 is 2.71 bits per heavy atom. The third-order valence-corrected chi connectivity index (χ3v) is 3.54. The van der Waals surface area contributed by atoms with Crippen LogP contribution in [0.1, 0.15) is 5.56 Å². The molecule has 2 aromatic carbocycles. The fourth-order valence-corrected chi connectivity index (χ4v) is 2.44. The Labute approximate surface area is 130 Å². The normalized spacial score (nSPS) is 10.5. The van der Waals surface area contributed by atoms with Crippen LogP contribution >= 0.6 is 15.9 Å². The van der Waals surface area contributed by atoms with Crippen molar-refractivity contribution in [3.63, 3.8) is 0 Å². The Kier molecular flexibility index (Phi) is 3.58. The molecule has 104 valence electrons. The highest BCUT2D eigenvalue weighted by molar-refractivity contribution is 9.10. The summed E-state index contributed by atoms with van der Waals surface area (Å²) in [4.78, 5) is 4.35. The number of fused-ring (bicyclic) bond motifs is 1. The van der Waals surface area contributed by atoms with Gasteiger partial charge in [-0.2, -0.15) is 0 Å². The summed E-state index contributed by atoms with van der Waals surface area (Å²) in [6.07, 6.45) is 1.72. The Balaban J connectivity index is 2.09. The smallest absolute Gasteiger partial charge is 0.153 e. The maximum absolute atomic E-state index is 7.66. The molecule has 0 saturated carbocycles. The maximum Gasteiger partial charge on any atom is 0.153 e. The van der Waals surface area contributed by atoms with E-state index in [0.29, 0.717) is 17.1 Å². The first-order chi connectivity index (χ1) is 10.1. The predicted molar refractivity (Wildman–Crippen MR) is 87.0 cm³/mol. The summed E-state index contributed by atoms with van der Waals surface area (Å²) in [6.45, 7) is 0. The first-order valence-electron chi connectivity index (χ1n) is 6.31. The number of nitrogens with zero attached hydrogens (tertiary/aromatic N) is 1. The molecule has 5 heteroatoms. The topological polar surface area (TPSA) is 72.0 Å². The second-order valence-electron chi connectivity index (χ2n) is 4.49. The monoisotopic (exact) mass is 341 g/mol. The number of ether oxygens (including phenoxy) is 1. The zero-order valence-electron chi connectivity index (χ0n) is 11.0. The molecule has 3 N–H and O–H groups in total. The molecule has 0 radical (unpaired) electrons. The van der Waals surface area contributed by atoms with Gasteiger partial charge in [0.15, 0.2) is 5.75 Å². The third-order valence-electron chi connectivity index (χ3n) is 3.05. The van der Waals surface area contributed by atoms with Crippen LogP contribution in [0.4, 0.5) is 0 Å². The number of rotatable bonds is 3. The number of amidine groups is 1. The number of aromatic nitrogens is 1. The van der Waals surface area contributed by atoms with Gasteiger partial charge in [-0.1, -0.05) is 34.1 Å². The highest BCUT2D eigenvalue weighted by Gasteiger charge is 2.10. The van der Waals surface area contributed by atoms with Gasteiger partial charge in [0, 0.05) is 16.1 Å². The maximum atomic E-state index is 7.66. The highest BCUT2D eigenvalue weighted by atomic mass is 79.9. The number of nitrogen functional groups attached to an aromatic ring is 1. The number of para-hydroxylation sites is 1. The minimum absolute atomic E-state index is 0.0421. The summed E-state index contributed by atoms with van der Waals surface area (Å²) < 4.78 is 6.78. The zero-order chi connectivity index (χ0) is 14.8. The Bertz CT molecular complexity index is 827. The molecule has 0 aliphatic heterocycles. The Hall–Kier alpha value is -2.40. The van der Waals surface area contributed by atoms with Crippen molar-refractivity contribution in [3.05, 3.63) is 64.8 Å². The van der Waals surface area contributed by atoms with Crippen LogP contribution in [-0.2, 0) is 0 Å². The summed E-state index contributed by atoms with van der Waals surface area (Å²) in [5, 5.41) is 8.66. The van der Waals surface area contributed by atoms with Crippen molar-refractivity contribution in [2.45, 2.75) is 0 Å². The number of benzene rings is 2. The van der Waals surface area contributed by atoms with Gasteiger partial charge in [-0.25, -0.2) is 0 Å². The van der Waals surface area contributed by atoms with E-state index in [-0.39, 0.29) is 5.84 Å². The molecule has 0 aliphatic rings. The number of hydrogen-bond donors (Lipinski definition) is 2. The average Bonchev–Trinajstić information content (AvgIpc) is 2.49. The number of hydrogen-bond acceptors (Lipinski definition) is 3. The molecular weight excluding hydrogens is 330 g/mol. The summed E-state index contributed by atoms with van der Waals surface area (Å²) in [7, 11) is 0. The molecular formula is C16H12BrN3O. The lowest BCUT2D eigenvalue weighted by molar-refractivity contribution is 0.486. The summed E-state index contributed by atoms with van der Waals surface area (Å²) in [5.74, 6) is 1.13. The van der Waals surface area contributed by atoms with Gasteiger partial charge in [0.1, 0.15) is 17.1 Å². The molecule has 0 amide bonds. The molecule has 3 aromatic rings. The molecule has 0 aliphatic carbocycles. The van der Waals surface area contributed by atoms with Gasteiger partial charge in [0.2, 0.25) is 0 Å². The van der Waals surface area contributed by atoms with Crippen LogP contribution in [0, 0.1) is 5.41 Å². The molecule has 0 saturated heterocycles. The van der Waals surface area contributed by atoms with Gasteiger partial charge in [-0.15, -0.1) is 0 Å². The Morgan fingerprint density at radius 2 is 1.90 bits per heavy atom. The van der Waals surface area contributed by atoms with Gasteiger partial charge in [-0.3, -0.25) is 10.4 Å². The number of nitrogens with two attached hydrogens (primary N) is 1. The lowest BCUT2D eigenvalue weighted by Crippen LogP contribution is -2.12.